The molecular formula is C17H20ClF3N2O3. The van der Waals surface area contributed by atoms with E-state index in [0.717, 1.165) is 25.0 Å². The number of anilines is 1. The second-order valence-electron chi connectivity index (χ2n) is 6.62. The van der Waals surface area contributed by atoms with Gasteiger partial charge in [-0.3, -0.25) is 9.59 Å². The van der Waals surface area contributed by atoms with Crippen molar-refractivity contribution in [2.45, 2.75) is 39.0 Å². The SMILES string of the molecule is CC(C)(C(=O)NCC1CCCO1)C(=O)Nc1ccc(Cl)c(C(F)(F)F)c1. The van der Waals surface area contributed by atoms with E-state index in [1.54, 1.807) is 0 Å². The van der Waals surface area contributed by atoms with Gasteiger partial charge in [-0.05, 0) is 44.9 Å². The number of benzene rings is 1. The van der Waals surface area contributed by atoms with E-state index in [4.69, 9.17) is 16.3 Å². The van der Waals surface area contributed by atoms with Crippen molar-refractivity contribution in [2.24, 2.45) is 5.41 Å². The standard InChI is InChI=1S/C17H20ClF3N2O3/c1-16(2,14(24)22-9-11-4-3-7-26-11)15(25)23-10-5-6-13(18)12(8-10)17(19,20)21/h5-6,8,11H,3-4,7,9H2,1-2H3,(H,22,24)(H,23,25). The van der Waals surface area contributed by atoms with Crippen LogP contribution in [-0.4, -0.2) is 31.1 Å². The number of nitrogens with one attached hydrogen (secondary N) is 2. The van der Waals surface area contributed by atoms with Crippen LogP contribution in [0.3, 0.4) is 0 Å². The molecule has 2 N–H and O–H groups in total. The third-order valence-corrected chi connectivity index (χ3v) is 4.51. The average Bonchev–Trinajstić information content (AvgIpc) is 3.06. The number of ether oxygens (including phenoxy) is 1. The number of amides is 2. The first-order valence-electron chi connectivity index (χ1n) is 8.10. The largest absolute Gasteiger partial charge is 0.417 e. The Morgan fingerprint density at radius 1 is 1.27 bits per heavy atom. The van der Waals surface area contributed by atoms with Crippen molar-refractivity contribution in [3.8, 4) is 0 Å². The molecule has 0 aliphatic carbocycles. The first-order chi connectivity index (χ1) is 12.0. The summed E-state index contributed by atoms with van der Waals surface area (Å²) in [6.07, 6.45) is -2.98. The second-order valence-corrected chi connectivity index (χ2v) is 7.02. The van der Waals surface area contributed by atoms with Gasteiger partial charge >= 0.3 is 6.18 Å². The predicted octanol–water partition coefficient (Wildman–Crippen LogP) is 3.62. The first kappa shape index (κ1) is 20.5. The van der Waals surface area contributed by atoms with E-state index in [1.165, 1.54) is 19.9 Å². The Balaban J connectivity index is 2.04. The van der Waals surface area contributed by atoms with E-state index in [-0.39, 0.29) is 18.3 Å². The fourth-order valence-corrected chi connectivity index (χ4v) is 2.67. The molecule has 1 aromatic carbocycles. The van der Waals surface area contributed by atoms with Crippen LogP contribution in [0, 0.1) is 5.41 Å². The Labute approximate surface area is 154 Å². The van der Waals surface area contributed by atoms with Gasteiger partial charge in [0.1, 0.15) is 5.41 Å². The molecule has 0 aromatic heterocycles. The van der Waals surface area contributed by atoms with Gasteiger partial charge in [0.2, 0.25) is 11.8 Å². The highest BCUT2D eigenvalue weighted by Gasteiger charge is 2.37. The van der Waals surface area contributed by atoms with Crippen molar-refractivity contribution in [3.05, 3.63) is 28.8 Å². The Morgan fingerprint density at radius 3 is 2.54 bits per heavy atom. The molecule has 26 heavy (non-hydrogen) atoms. The summed E-state index contributed by atoms with van der Waals surface area (Å²) in [5.41, 5.74) is -2.62. The van der Waals surface area contributed by atoms with Gasteiger partial charge in [0.15, 0.2) is 0 Å². The monoisotopic (exact) mass is 392 g/mol. The third kappa shape index (κ3) is 4.88. The van der Waals surface area contributed by atoms with Gasteiger partial charge in [-0.1, -0.05) is 11.6 Å². The van der Waals surface area contributed by atoms with E-state index in [2.05, 4.69) is 10.6 Å². The van der Waals surface area contributed by atoms with E-state index in [9.17, 15) is 22.8 Å². The van der Waals surface area contributed by atoms with Gasteiger partial charge in [0, 0.05) is 18.8 Å². The molecule has 1 aliphatic rings. The van der Waals surface area contributed by atoms with Crippen molar-refractivity contribution in [2.75, 3.05) is 18.5 Å². The Morgan fingerprint density at radius 2 is 1.96 bits per heavy atom. The van der Waals surface area contributed by atoms with Crippen LogP contribution in [0.2, 0.25) is 5.02 Å². The van der Waals surface area contributed by atoms with Gasteiger partial charge in [-0.25, -0.2) is 0 Å². The number of halogens is 4. The zero-order valence-corrected chi connectivity index (χ0v) is 15.1. The molecule has 2 amide bonds. The smallest absolute Gasteiger partial charge is 0.376 e. The summed E-state index contributed by atoms with van der Waals surface area (Å²) in [6.45, 7) is 3.72. The quantitative estimate of drug-likeness (QED) is 0.752. The molecule has 0 bridgehead atoms. The summed E-state index contributed by atoms with van der Waals surface area (Å²) in [7, 11) is 0. The van der Waals surface area contributed by atoms with Gasteiger partial charge in [-0.2, -0.15) is 13.2 Å². The summed E-state index contributed by atoms with van der Waals surface area (Å²) in [5, 5.41) is 4.52. The minimum absolute atomic E-state index is 0.0802. The fourth-order valence-electron chi connectivity index (χ4n) is 2.44. The Bertz CT molecular complexity index is 686. The Kier molecular flexibility index (Phi) is 6.18. The minimum atomic E-state index is -4.65. The molecule has 1 aromatic rings. The molecule has 9 heteroatoms. The lowest BCUT2D eigenvalue weighted by molar-refractivity contribution is -0.139. The summed E-state index contributed by atoms with van der Waals surface area (Å²) >= 11 is 5.55. The van der Waals surface area contributed by atoms with Crippen LogP contribution >= 0.6 is 11.6 Å². The maximum atomic E-state index is 12.9. The molecule has 1 atom stereocenters. The van der Waals surface area contributed by atoms with Crippen molar-refractivity contribution >= 4 is 29.1 Å². The van der Waals surface area contributed by atoms with Gasteiger partial charge in [0.05, 0.1) is 16.7 Å². The second kappa shape index (κ2) is 7.84. The molecule has 5 nitrogen and oxygen atoms in total. The number of rotatable bonds is 5. The van der Waals surface area contributed by atoms with E-state index in [1.807, 2.05) is 0 Å². The highest BCUT2D eigenvalue weighted by molar-refractivity contribution is 6.31. The molecule has 1 heterocycles. The number of hydrogen-bond acceptors (Lipinski definition) is 3. The molecule has 1 saturated heterocycles. The number of hydrogen-bond donors (Lipinski definition) is 2. The topological polar surface area (TPSA) is 67.4 Å². The van der Waals surface area contributed by atoms with Gasteiger partial charge in [-0.15, -0.1) is 0 Å². The zero-order valence-electron chi connectivity index (χ0n) is 14.4. The summed E-state index contributed by atoms with van der Waals surface area (Å²) in [4.78, 5) is 24.7. The summed E-state index contributed by atoms with van der Waals surface area (Å²) < 4.78 is 44.1. The lowest BCUT2D eigenvalue weighted by atomic mass is 9.90. The fraction of sp³-hybridized carbons (Fsp3) is 0.529. The molecule has 144 valence electrons. The Hall–Kier alpha value is -1.80. The number of carbonyl (C=O) groups is 2. The van der Waals surface area contributed by atoms with Crippen LogP contribution in [-0.2, 0) is 20.5 Å². The number of carbonyl (C=O) groups excluding carboxylic acids is 2. The van der Waals surface area contributed by atoms with Crippen LogP contribution in [0.25, 0.3) is 0 Å². The molecule has 0 spiro atoms. The molecule has 1 unspecified atom stereocenters. The molecule has 0 radical (unpaired) electrons. The van der Waals surface area contributed by atoms with Crippen molar-refractivity contribution in [3.63, 3.8) is 0 Å². The third-order valence-electron chi connectivity index (χ3n) is 4.18. The van der Waals surface area contributed by atoms with Crippen molar-refractivity contribution in [1.82, 2.24) is 5.32 Å². The lowest BCUT2D eigenvalue weighted by Crippen LogP contribution is -2.47. The highest BCUT2D eigenvalue weighted by Crippen LogP contribution is 2.36. The lowest BCUT2D eigenvalue weighted by Gasteiger charge is -2.24. The maximum absolute atomic E-state index is 12.9. The van der Waals surface area contributed by atoms with Crippen LogP contribution in [0.4, 0.5) is 18.9 Å². The van der Waals surface area contributed by atoms with E-state index < -0.39 is 34.0 Å². The van der Waals surface area contributed by atoms with Crippen molar-refractivity contribution in [1.29, 1.82) is 0 Å². The molecular weight excluding hydrogens is 373 g/mol. The van der Waals surface area contributed by atoms with Crippen LogP contribution in [0.5, 0.6) is 0 Å². The van der Waals surface area contributed by atoms with Crippen LogP contribution < -0.4 is 10.6 Å². The molecule has 1 aliphatic heterocycles. The minimum Gasteiger partial charge on any atom is -0.376 e. The van der Waals surface area contributed by atoms with E-state index in [0.29, 0.717) is 6.61 Å². The first-order valence-corrected chi connectivity index (χ1v) is 8.47. The molecule has 1 fully saturated rings. The van der Waals surface area contributed by atoms with Crippen LogP contribution in [0.1, 0.15) is 32.3 Å². The molecule has 2 rings (SSSR count). The summed E-state index contributed by atoms with van der Waals surface area (Å²) in [5.74, 6) is -1.26. The zero-order chi connectivity index (χ0) is 19.5. The molecule has 0 saturated carbocycles. The van der Waals surface area contributed by atoms with Crippen LogP contribution in [0.15, 0.2) is 18.2 Å². The maximum Gasteiger partial charge on any atom is 0.417 e. The van der Waals surface area contributed by atoms with Gasteiger partial charge in [0.25, 0.3) is 0 Å². The number of alkyl halides is 3. The van der Waals surface area contributed by atoms with E-state index >= 15 is 0 Å². The summed E-state index contributed by atoms with van der Waals surface area (Å²) in [6, 6.07) is 3.03. The highest BCUT2D eigenvalue weighted by atomic mass is 35.5. The normalized spacial score (nSPS) is 17.8. The van der Waals surface area contributed by atoms with Gasteiger partial charge < -0.3 is 15.4 Å². The average molecular weight is 393 g/mol. The van der Waals surface area contributed by atoms with Crippen molar-refractivity contribution < 1.29 is 27.5 Å². The predicted molar refractivity (Wildman–Crippen MR) is 90.8 cm³/mol.